The number of likely N-dealkylation sites (tertiary alicyclic amines) is 1. The molecule has 0 spiro atoms. The number of amides is 2. The van der Waals surface area contributed by atoms with Gasteiger partial charge in [-0.2, -0.15) is 0 Å². The van der Waals surface area contributed by atoms with Gasteiger partial charge in [-0.1, -0.05) is 13.3 Å². The molecule has 0 aromatic heterocycles. The van der Waals surface area contributed by atoms with E-state index >= 15 is 0 Å². The van der Waals surface area contributed by atoms with Gasteiger partial charge in [0, 0.05) is 43.1 Å². The van der Waals surface area contributed by atoms with E-state index in [1.807, 2.05) is 13.8 Å². The third-order valence-corrected chi connectivity index (χ3v) is 6.21. The van der Waals surface area contributed by atoms with Crippen LogP contribution in [0.25, 0.3) is 0 Å². The number of hydrogen-bond donors (Lipinski definition) is 1. The number of nitro benzene ring substituents is 1. The standard InChI is InChI=1S/C19H27N3O6S/c1-4-5-8-20-18(23)14-7-6-13(2)21(12-14)19(24)15-9-16(22(25)26)11-17(10-15)29(3,27)28/h9-11,13-14H,4-8,12H2,1-3H3,(H,20,23). The Balaban J connectivity index is 2.28. The Hall–Kier alpha value is -2.49. The molecule has 0 saturated carbocycles. The van der Waals surface area contributed by atoms with E-state index in [4.69, 9.17) is 0 Å². The van der Waals surface area contributed by atoms with Crippen molar-refractivity contribution in [3.63, 3.8) is 0 Å². The molecule has 1 fully saturated rings. The van der Waals surface area contributed by atoms with Crippen LogP contribution in [0.3, 0.4) is 0 Å². The number of nitro groups is 1. The Morgan fingerprint density at radius 2 is 1.97 bits per heavy atom. The first-order valence-corrected chi connectivity index (χ1v) is 11.5. The summed E-state index contributed by atoms with van der Waals surface area (Å²) in [5, 5.41) is 14.1. The molecule has 0 aliphatic carbocycles. The molecule has 1 heterocycles. The number of hydrogen-bond acceptors (Lipinski definition) is 6. The number of piperidine rings is 1. The van der Waals surface area contributed by atoms with E-state index in [1.165, 1.54) is 4.90 Å². The Kier molecular flexibility index (Phi) is 7.34. The highest BCUT2D eigenvalue weighted by molar-refractivity contribution is 7.90. The second-order valence-corrected chi connectivity index (χ2v) is 9.49. The van der Waals surface area contributed by atoms with Crippen molar-refractivity contribution in [2.45, 2.75) is 50.5 Å². The minimum atomic E-state index is -3.74. The van der Waals surface area contributed by atoms with Crippen LogP contribution < -0.4 is 5.32 Å². The third-order valence-electron chi connectivity index (χ3n) is 5.12. The molecule has 2 atom stereocenters. The van der Waals surface area contributed by atoms with Gasteiger partial charge in [-0.15, -0.1) is 0 Å². The van der Waals surface area contributed by atoms with Crippen LogP contribution in [0.4, 0.5) is 5.69 Å². The highest BCUT2D eigenvalue weighted by atomic mass is 32.2. The van der Waals surface area contributed by atoms with E-state index in [9.17, 15) is 28.1 Å². The zero-order valence-electron chi connectivity index (χ0n) is 16.9. The molecule has 1 aromatic rings. The summed E-state index contributed by atoms with van der Waals surface area (Å²) in [6.45, 7) is 4.64. The number of carbonyl (C=O) groups excluding carboxylic acids is 2. The predicted octanol–water partition coefficient (Wildman–Crippen LogP) is 2.16. The van der Waals surface area contributed by atoms with Crippen LogP contribution >= 0.6 is 0 Å². The average molecular weight is 426 g/mol. The summed E-state index contributed by atoms with van der Waals surface area (Å²) in [6, 6.07) is 3.01. The summed E-state index contributed by atoms with van der Waals surface area (Å²) in [7, 11) is -3.74. The lowest BCUT2D eigenvalue weighted by Crippen LogP contribution is -2.49. The summed E-state index contributed by atoms with van der Waals surface area (Å²) in [6.07, 6.45) is 4.03. The number of nitrogens with zero attached hydrogens (tertiary/aromatic N) is 2. The van der Waals surface area contributed by atoms with Gasteiger partial charge in [0.2, 0.25) is 5.91 Å². The minimum absolute atomic E-state index is 0.0708. The Morgan fingerprint density at radius 3 is 2.55 bits per heavy atom. The van der Waals surface area contributed by atoms with Gasteiger partial charge in [0.25, 0.3) is 11.6 Å². The van der Waals surface area contributed by atoms with Crippen LogP contribution in [-0.2, 0) is 14.6 Å². The number of carbonyl (C=O) groups is 2. The average Bonchev–Trinajstić information content (AvgIpc) is 2.66. The minimum Gasteiger partial charge on any atom is -0.356 e. The molecule has 0 radical (unpaired) electrons. The molecule has 2 unspecified atom stereocenters. The number of benzene rings is 1. The summed E-state index contributed by atoms with van der Waals surface area (Å²) >= 11 is 0. The smallest absolute Gasteiger partial charge is 0.271 e. The number of nitrogens with one attached hydrogen (secondary N) is 1. The summed E-state index contributed by atoms with van der Waals surface area (Å²) in [5.41, 5.74) is -0.534. The van der Waals surface area contributed by atoms with Crippen LogP contribution in [-0.4, -0.2) is 55.4 Å². The van der Waals surface area contributed by atoms with Crippen LogP contribution in [0, 0.1) is 16.0 Å². The Bertz CT molecular complexity index is 899. The lowest BCUT2D eigenvalue weighted by molar-refractivity contribution is -0.385. The molecule has 9 nitrogen and oxygen atoms in total. The maximum absolute atomic E-state index is 13.1. The van der Waals surface area contributed by atoms with Crippen molar-refractivity contribution < 1.29 is 22.9 Å². The van der Waals surface area contributed by atoms with Crippen LogP contribution in [0.2, 0.25) is 0 Å². The lowest BCUT2D eigenvalue weighted by Gasteiger charge is -2.37. The van der Waals surface area contributed by atoms with E-state index < -0.39 is 26.4 Å². The van der Waals surface area contributed by atoms with E-state index in [0.717, 1.165) is 37.3 Å². The molecule has 29 heavy (non-hydrogen) atoms. The summed E-state index contributed by atoms with van der Waals surface area (Å²) < 4.78 is 23.8. The van der Waals surface area contributed by atoms with Crippen molar-refractivity contribution in [2.24, 2.45) is 5.92 Å². The first-order chi connectivity index (χ1) is 13.5. The van der Waals surface area contributed by atoms with Crippen molar-refractivity contribution in [3.8, 4) is 0 Å². The maximum Gasteiger partial charge on any atom is 0.271 e. The topological polar surface area (TPSA) is 127 Å². The Labute approximate surface area is 170 Å². The molecule has 1 N–H and O–H groups in total. The van der Waals surface area contributed by atoms with Gasteiger partial charge in [0.1, 0.15) is 0 Å². The van der Waals surface area contributed by atoms with Gasteiger partial charge >= 0.3 is 0 Å². The van der Waals surface area contributed by atoms with Crippen molar-refractivity contribution in [1.82, 2.24) is 10.2 Å². The normalized spacial score (nSPS) is 19.6. The molecular weight excluding hydrogens is 398 g/mol. The third kappa shape index (κ3) is 5.75. The first-order valence-electron chi connectivity index (χ1n) is 9.62. The number of unbranched alkanes of at least 4 members (excludes halogenated alkanes) is 1. The zero-order valence-corrected chi connectivity index (χ0v) is 17.7. The molecule has 10 heteroatoms. The van der Waals surface area contributed by atoms with Crippen LogP contribution in [0.1, 0.15) is 49.9 Å². The van der Waals surface area contributed by atoms with Crippen LogP contribution in [0.15, 0.2) is 23.1 Å². The fraction of sp³-hybridized carbons (Fsp3) is 0.579. The van der Waals surface area contributed by atoms with E-state index in [2.05, 4.69) is 5.32 Å². The second-order valence-electron chi connectivity index (χ2n) is 7.47. The second kappa shape index (κ2) is 9.34. The van der Waals surface area contributed by atoms with Crippen molar-refractivity contribution in [2.75, 3.05) is 19.3 Å². The largest absolute Gasteiger partial charge is 0.356 e. The fourth-order valence-corrected chi connectivity index (χ4v) is 4.00. The molecular formula is C19H27N3O6S. The highest BCUT2D eigenvalue weighted by Gasteiger charge is 2.33. The SMILES string of the molecule is CCCCNC(=O)C1CCC(C)N(C(=O)c2cc([N+](=O)[O-])cc(S(C)(=O)=O)c2)C1. The van der Waals surface area contributed by atoms with Gasteiger partial charge in [-0.3, -0.25) is 19.7 Å². The molecule has 1 aliphatic rings. The lowest BCUT2D eigenvalue weighted by atomic mass is 9.92. The van der Waals surface area contributed by atoms with Crippen molar-refractivity contribution in [3.05, 3.63) is 33.9 Å². The molecule has 160 valence electrons. The molecule has 0 bridgehead atoms. The quantitative estimate of drug-likeness (QED) is 0.405. The fourth-order valence-electron chi connectivity index (χ4n) is 3.33. The monoisotopic (exact) mass is 425 g/mol. The first kappa shape index (κ1) is 22.8. The Morgan fingerprint density at radius 1 is 1.28 bits per heavy atom. The zero-order chi connectivity index (χ0) is 21.8. The molecule has 1 aromatic carbocycles. The number of rotatable bonds is 7. The van der Waals surface area contributed by atoms with Crippen molar-refractivity contribution >= 4 is 27.3 Å². The molecule has 1 aliphatic heterocycles. The molecule has 2 rings (SSSR count). The molecule has 1 saturated heterocycles. The number of sulfone groups is 1. The van der Waals surface area contributed by atoms with Gasteiger partial charge in [0.05, 0.1) is 15.7 Å². The summed E-state index contributed by atoms with van der Waals surface area (Å²) in [5.74, 6) is -0.990. The summed E-state index contributed by atoms with van der Waals surface area (Å²) in [4.78, 5) is 37.1. The van der Waals surface area contributed by atoms with Crippen molar-refractivity contribution in [1.29, 1.82) is 0 Å². The maximum atomic E-state index is 13.1. The van der Waals surface area contributed by atoms with E-state index in [-0.39, 0.29) is 34.9 Å². The van der Waals surface area contributed by atoms with E-state index in [0.29, 0.717) is 19.4 Å². The van der Waals surface area contributed by atoms with Gasteiger partial charge < -0.3 is 10.2 Å². The van der Waals surface area contributed by atoms with Gasteiger partial charge in [-0.25, -0.2) is 8.42 Å². The van der Waals surface area contributed by atoms with Gasteiger partial charge in [0.15, 0.2) is 9.84 Å². The van der Waals surface area contributed by atoms with Gasteiger partial charge in [-0.05, 0) is 32.3 Å². The number of non-ortho nitro benzene ring substituents is 1. The predicted molar refractivity (Wildman–Crippen MR) is 107 cm³/mol. The van der Waals surface area contributed by atoms with Crippen LogP contribution in [0.5, 0.6) is 0 Å². The van der Waals surface area contributed by atoms with E-state index in [1.54, 1.807) is 0 Å². The molecule has 2 amide bonds. The highest BCUT2D eigenvalue weighted by Crippen LogP contribution is 2.27.